The van der Waals surface area contributed by atoms with Crippen molar-refractivity contribution in [1.29, 1.82) is 0 Å². The van der Waals surface area contributed by atoms with Crippen molar-refractivity contribution in [3.05, 3.63) is 66.2 Å². The van der Waals surface area contributed by atoms with E-state index >= 15 is 0 Å². The van der Waals surface area contributed by atoms with Gasteiger partial charge < -0.3 is 9.64 Å². The van der Waals surface area contributed by atoms with Gasteiger partial charge in [-0.15, -0.1) is 0 Å². The molecule has 1 unspecified atom stereocenters. The van der Waals surface area contributed by atoms with Crippen LogP contribution in [0.15, 0.2) is 60.7 Å². The Morgan fingerprint density at radius 3 is 2.43 bits per heavy atom. The van der Waals surface area contributed by atoms with Crippen molar-refractivity contribution in [2.75, 3.05) is 18.6 Å². The normalized spacial score (nSPS) is 21.1. The number of rotatable bonds is 4. The van der Waals surface area contributed by atoms with Crippen molar-refractivity contribution < 1.29 is 9.53 Å². The Labute approximate surface area is 137 Å². The second-order valence-electron chi connectivity index (χ2n) is 6.07. The molecule has 1 amide bonds. The Kier molecular flexibility index (Phi) is 4.20. The van der Waals surface area contributed by atoms with Crippen molar-refractivity contribution in [1.82, 2.24) is 0 Å². The topological polar surface area (TPSA) is 29.5 Å². The van der Waals surface area contributed by atoms with E-state index in [0.717, 1.165) is 30.0 Å². The summed E-state index contributed by atoms with van der Waals surface area (Å²) in [6, 6.07) is 17.7. The number of carbonyl (C=O) groups excluding carboxylic acids is 1. The number of benzene rings is 2. The standard InChI is InChI=1S/C20H21NO2/c1-20(13-12-16-6-4-3-5-7-16)14-15-21(19(20)22)17-8-10-18(23-2)11-9-17/h3-13H,14-15H2,1-2H3/b13-12+. The highest BCUT2D eigenvalue weighted by molar-refractivity contribution is 6.01. The lowest BCUT2D eigenvalue weighted by Gasteiger charge is -2.20. The SMILES string of the molecule is COc1ccc(N2CCC(C)(/C=C/c3ccccc3)C2=O)cc1. The molecule has 0 aromatic heterocycles. The first kappa shape index (κ1) is 15.3. The second-order valence-corrected chi connectivity index (χ2v) is 6.07. The van der Waals surface area contributed by atoms with Gasteiger partial charge >= 0.3 is 0 Å². The van der Waals surface area contributed by atoms with Crippen LogP contribution in [-0.4, -0.2) is 19.6 Å². The third kappa shape index (κ3) is 3.14. The minimum atomic E-state index is -0.449. The number of nitrogens with zero attached hydrogens (tertiary/aromatic N) is 1. The minimum Gasteiger partial charge on any atom is -0.497 e. The molecular formula is C20H21NO2. The number of amides is 1. The molecule has 118 valence electrons. The molecule has 1 saturated heterocycles. The zero-order valence-corrected chi connectivity index (χ0v) is 13.5. The molecular weight excluding hydrogens is 286 g/mol. The maximum atomic E-state index is 12.8. The van der Waals surface area contributed by atoms with E-state index in [1.54, 1.807) is 7.11 Å². The van der Waals surface area contributed by atoms with Gasteiger partial charge in [0.25, 0.3) is 0 Å². The quantitative estimate of drug-likeness (QED) is 0.849. The predicted molar refractivity (Wildman–Crippen MR) is 93.5 cm³/mol. The van der Waals surface area contributed by atoms with Crippen molar-refractivity contribution in [3.8, 4) is 5.75 Å². The fraction of sp³-hybridized carbons (Fsp3) is 0.250. The first-order valence-corrected chi connectivity index (χ1v) is 7.83. The summed E-state index contributed by atoms with van der Waals surface area (Å²) in [5.41, 5.74) is 1.59. The van der Waals surface area contributed by atoms with Crippen molar-refractivity contribution in [2.45, 2.75) is 13.3 Å². The van der Waals surface area contributed by atoms with E-state index in [-0.39, 0.29) is 5.91 Å². The average molecular weight is 307 g/mol. The Morgan fingerprint density at radius 1 is 1.09 bits per heavy atom. The highest BCUT2D eigenvalue weighted by Crippen LogP contribution is 2.36. The number of ether oxygens (including phenoxy) is 1. The number of anilines is 1. The van der Waals surface area contributed by atoms with Crippen LogP contribution in [0.2, 0.25) is 0 Å². The van der Waals surface area contributed by atoms with Crippen molar-refractivity contribution in [2.24, 2.45) is 5.41 Å². The summed E-state index contributed by atoms with van der Waals surface area (Å²) >= 11 is 0. The van der Waals surface area contributed by atoms with Gasteiger partial charge in [0.2, 0.25) is 5.91 Å². The third-order valence-electron chi connectivity index (χ3n) is 4.42. The predicted octanol–water partition coefficient (Wildman–Crippen LogP) is 4.15. The van der Waals surface area contributed by atoms with Crippen LogP contribution in [0.5, 0.6) is 5.75 Å². The van der Waals surface area contributed by atoms with Crippen LogP contribution in [-0.2, 0) is 4.79 Å². The highest BCUT2D eigenvalue weighted by Gasteiger charge is 2.41. The Bertz CT molecular complexity index is 706. The molecule has 0 N–H and O–H groups in total. The molecule has 0 saturated carbocycles. The van der Waals surface area contributed by atoms with Gasteiger partial charge in [-0.1, -0.05) is 42.5 Å². The summed E-state index contributed by atoms with van der Waals surface area (Å²) in [5.74, 6) is 0.946. The summed E-state index contributed by atoms with van der Waals surface area (Å²) < 4.78 is 5.17. The Hall–Kier alpha value is -2.55. The minimum absolute atomic E-state index is 0.148. The number of hydrogen-bond acceptors (Lipinski definition) is 2. The molecule has 1 atom stereocenters. The number of hydrogen-bond donors (Lipinski definition) is 0. The first-order chi connectivity index (χ1) is 11.1. The van der Waals surface area contributed by atoms with Crippen LogP contribution in [0, 0.1) is 5.41 Å². The molecule has 0 spiro atoms. The van der Waals surface area contributed by atoms with Crippen LogP contribution in [0.1, 0.15) is 18.9 Å². The van der Waals surface area contributed by atoms with Gasteiger partial charge in [0.05, 0.1) is 12.5 Å². The summed E-state index contributed by atoms with van der Waals surface area (Å²) in [6.07, 6.45) is 4.89. The Morgan fingerprint density at radius 2 is 1.78 bits per heavy atom. The van der Waals surface area contributed by atoms with Crippen molar-refractivity contribution in [3.63, 3.8) is 0 Å². The average Bonchev–Trinajstić information content (AvgIpc) is 2.90. The molecule has 0 radical (unpaired) electrons. The molecule has 1 fully saturated rings. The van der Waals surface area contributed by atoms with Gasteiger partial charge in [0.1, 0.15) is 5.75 Å². The molecule has 3 rings (SSSR count). The maximum absolute atomic E-state index is 12.8. The zero-order valence-electron chi connectivity index (χ0n) is 13.5. The van der Waals surface area contributed by atoms with E-state index < -0.39 is 5.41 Å². The summed E-state index contributed by atoms with van der Waals surface area (Å²) in [6.45, 7) is 2.75. The lowest BCUT2D eigenvalue weighted by Crippen LogP contribution is -2.31. The molecule has 3 heteroatoms. The van der Waals surface area contributed by atoms with Gasteiger partial charge in [-0.2, -0.15) is 0 Å². The molecule has 3 nitrogen and oxygen atoms in total. The van der Waals surface area contributed by atoms with Gasteiger partial charge in [0, 0.05) is 12.2 Å². The molecule has 23 heavy (non-hydrogen) atoms. The number of methoxy groups -OCH3 is 1. The van der Waals surface area contributed by atoms with E-state index in [0.29, 0.717) is 0 Å². The van der Waals surface area contributed by atoms with Crippen LogP contribution >= 0.6 is 0 Å². The second kappa shape index (κ2) is 6.29. The van der Waals surface area contributed by atoms with E-state index in [2.05, 4.69) is 0 Å². The van der Waals surface area contributed by atoms with E-state index in [1.807, 2.05) is 78.6 Å². The summed E-state index contributed by atoms with van der Waals surface area (Å²) in [4.78, 5) is 14.7. The van der Waals surface area contributed by atoms with Crippen molar-refractivity contribution >= 4 is 17.7 Å². The van der Waals surface area contributed by atoms with Gasteiger partial charge in [-0.3, -0.25) is 4.79 Å². The first-order valence-electron chi connectivity index (χ1n) is 7.83. The molecule has 0 bridgehead atoms. The molecule has 2 aromatic rings. The summed E-state index contributed by atoms with van der Waals surface area (Å²) in [7, 11) is 1.64. The highest BCUT2D eigenvalue weighted by atomic mass is 16.5. The molecule has 1 aliphatic heterocycles. The zero-order chi connectivity index (χ0) is 16.3. The van der Waals surface area contributed by atoms with Crippen LogP contribution in [0.4, 0.5) is 5.69 Å². The Balaban J connectivity index is 1.78. The van der Waals surface area contributed by atoms with Gasteiger partial charge in [-0.25, -0.2) is 0 Å². The largest absolute Gasteiger partial charge is 0.497 e. The van der Waals surface area contributed by atoms with E-state index in [9.17, 15) is 4.79 Å². The molecule has 0 aliphatic carbocycles. The smallest absolute Gasteiger partial charge is 0.236 e. The fourth-order valence-electron chi connectivity index (χ4n) is 2.87. The lowest BCUT2D eigenvalue weighted by atomic mass is 9.88. The van der Waals surface area contributed by atoms with Crippen LogP contribution < -0.4 is 9.64 Å². The fourth-order valence-corrected chi connectivity index (χ4v) is 2.87. The third-order valence-corrected chi connectivity index (χ3v) is 4.42. The molecule has 2 aromatic carbocycles. The van der Waals surface area contributed by atoms with Gasteiger partial charge in [0.15, 0.2) is 0 Å². The summed E-state index contributed by atoms with van der Waals surface area (Å²) in [5, 5.41) is 0. The molecule has 1 heterocycles. The van der Waals surface area contributed by atoms with E-state index in [4.69, 9.17) is 4.74 Å². The molecule has 1 aliphatic rings. The van der Waals surface area contributed by atoms with Crippen LogP contribution in [0.25, 0.3) is 6.08 Å². The monoisotopic (exact) mass is 307 g/mol. The maximum Gasteiger partial charge on any atom is 0.236 e. The number of carbonyl (C=O) groups is 1. The lowest BCUT2D eigenvalue weighted by molar-refractivity contribution is -0.122. The van der Waals surface area contributed by atoms with Gasteiger partial charge in [-0.05, 0) is 43.2 Å². The van der Waals surface area contributed by atoms with E-state index in [1.165, 1.54) is 0 Å². The van der Waals surface area contributed by atoms with Crippen LogP contribution in [0.3, 0.4) is 0 Å².